The minimum absolute atomic E-state index is 0.0174. The van der Waals surface area contributed by atoms with Crippen molar-refractivity contribution in [3.05, 3.63) is 24.3 Å². The molecule has 4 N–H and O–H groups in total. The summed E-state index contributed by atoms with van der Waals surface area (Å²) in [5.41, 5.74) is 7.29. The predicted molar refractivity (Wildman–Crippen MR) is 78.1 cm³/mol. The monoisotopic (exact) mass is 286 g/mol. The Bertz CT molecular complexity index is 612. The molecule has 2 unspecified atom stereocenters. The summed E-state index contributed by atoms with van der Waals surface area (Å²) in [6.45, 7) is 0.570. The summed E-state index contributed by atoms with van der Waals surface area (Å²) < 4.78 is 0. The third-order valence-corrected chi connectivity index (χ3v) is 4.03. The molecule has 7 heteroatoms. The highest BCUT2D eigenvalue weighted by atomic mass is 16.1. The molecule has 1 saturated carbocycles. The zero-order valence-electron chi connectivity index (χ0n) is 11.6. The third-order valence-electron chi connectivity index (χ3n) is 4.03. The van der Waals surface area contributed by atoms with Crippen LogP contribution in [0.15, 0.2) is 24.3 Å². The Labute approximate surface area is 122 Å². The van der Waals surface area contributed by atoms with Crippen LogP contribution in [0.4, 0.5) is 5.69 Å². The minimum Gasteiger partial charge on any atom is -0.330 e. The summed E-state index contributed by atoms with van der Waals surface area (Å²) >= 11 is 0. The van der Waals surface area contributed by atoms with Gasteiger partial charge in [0.1, 0.15) is 0 Å². The number of carbonyl (C=O) groups is 1. The number of H-pyrrole nitrogens is 1. The van der Waals surface area contributed by atoms with Crippen molar-refractivity contribution in [2.75, 3.05) is 11.9 Å². The van der Waals surface area contributed by atoms with E-state index in [1.807, 2.05) is 24.3 Å². The van der Waals surface area contributed by atoms with E-state index in [9.17, 15) is 4.79 Å². The van der Waals surface area contributed by atoms with Crippen LogP contribution in [0.2, 0.25) is 0 Å². The van der Waals surface area contributed by atoms with Gasteiger partial charge < -0.3 is 11.1 Å². The van der Waals surface area contributed by atoms with Gasteiger partial charge in [0.25, 0.3) is 0 Å². The molecule has 0 saturated heterocycles. The van der Waals surface area contributed by atoms with Crippen LogP contribution in [0.3, 0.4) is 0 Å². The first kappa shape index (κ1) is 13.7. The van der Waals surface area contributed by atoms with Crippen molar-refractivity contribution in [2.24, 2.45) is 17.6 Å². The average molecular weight is 286 g/mol. The molecular formula is C14H18N6O. The molecule has 0 radical (unpaired) electrons. The number of tetrazole rings is 1. The first-order valence-corrected chi connectivity index (χ1v) is 7.12. The maximum atomic E-state index is 12.4. The smallest absolute Gasteiger partial charge is 0.227 e. The predicted octanol–water partition coefficient (Wildman–Crippen LogP) is 1.18. The maximum Gasteiger partial charge on any atom is 0.227 e. The number of aromatic amines is 1. The molecule has 0 spiro atoms. The number of hydrogen-bond acceptors (Lipinski definition) is 5. The SMILES string of the molecule is NCC1CCCC1C(=O)Nc1cccc(-c2nn[nH]n2)c1. The molecule has 3 rings (SSSR count). The number of rotatable bonds is 4. The molecule has 1 aliphatic rings. The Hall–Kier alpha value is -2.28. The van der Waals surface area contributed by atoms with Crippen LogP contribution in [0.5, 0.6) is 0 Å². The van der Waals surface area contributed by atoms with E-state index >= 15 is 0 Å². The number of benzene rings is 1. The van der Waals surface area contributed by atoms with Gasteiger partial charge in [-0.25, -0.2) is 0 Å². The van der Waals surface area contributed by atoms with Crippen LogP contribution in [-0.2, 0) is 4.79 Å². The van der Waals surface area contributed by atoms with E-state index in [4.69, 9.17) is 5.73 Å². The van der Waals surface area contributed by atoms with Gasteiger partial charge in [0.2, 0.25) is 11.7 Å². The molecule has 2 aromatic rings. The second kappa shape index (κ2) is 6.01. The first-order valence-electron chi connectivity index (χ1n) is 7.12. The number of nitrogens with one attached hydrogen (secondary N) is 2. The fourth-order valence-electron chi connectivity index (χ4n) is 2.92. The Morgan fingerprint density at radius 2 is 2.33 bits per heavy atom. The van der Waals surface area contributed by atoms with E-state index in [0.29, 0.717) is 18.3 Å². The number of carbonyl (C=O) groups excluding carboxylic acids is 1. The first-order chi connectivity index (χ1) is 10.3. The van der Waals surface area contributed by atoms with E-state index in [1.54, 1.807) is 0 Å². The molecule has 0 aliphatic heterocycles. The summed E-state index contributed by atoms with van der Waals surface area (Å²) in [4.78, 5) is 12.4. The van der Waals surface area contributed by atoms with Gasteiger partial charge in [0.15, 0.2) is 0 Å². The summed E-state index contributed by atoms with van der Waals surface area (Å²) in [5, 5.41) is 16.8. The molecule has 110 valence electrons. The second-order valence-corrected chi connectivity index (χ2v) is 5.34. The highest BCUT2D eigenvalue weighted by Gasteiger charge is 2.31. The fourth-order valence-corrected chi connectivity index (χ4v) is 2.92. The van der Waals surface area contributed by atoms with Crippen LogP contribution < -0.4 is 11.1 Å². The Balaban J connectivity index is 1.73. The standard InChI is InChI=1S/C14H18N6O/c15-8-10-4-2-6-12(10)14(21)16-11-5-1-3-9(7-11)13-17-19-20-18-13/h1,3,5,7,10,12H,2,4,6,8,15H2,(H,16,21)(H,17,18,19,20). The third kappa shape index (κ3) is 2.92. The molecule has 1 amide bonds. The van der Waals surface area contributed by atoms with Crippen molar-refractivity contribution in [3.63, 3.8) is 0 Å². The molecule has 21 heavy (non-hydrogen) atoms. The topological polar surface area (TPSA) is 110 Å². The number of nitrogens with two attached hydrogens (primary N) is 1. The summed E-state index contributed by atoms with van der Waals surface area (Å²) in [6.07, 6.45) is 3.03. The number of hydrogen-bond donors (Lipinski definition) is 3. The Kier molecular flexibility index (Phi) is 3.92. The van der Waals surface area contributed by atoms with Gasteiger partial charge in [-0.15, -0.1) is 10.2 Å². The van der Waals surface area contributed by atoms with Gasteiger partial charge in [-0.3, -0.25) is 4.79 Å². The Morgan fingerprint density at radius 1 is 1.43 bits per heavy atom. The lowest BCUT2D eigenvalue weighted by Crippen LogP contribution is -2.29. The average Bonchev–Trinajstić information content (AvgIpc) is 3.18. The molecular weight excluding hydrogens is 268 g/mol. The highest BCUT2D eigenvalue weighted by molar-refractivity contribution is 5.93. The largest absolute Gasteiger partial charge is 0.330 e. The van der Waals surface area contributed by atoms with E-state index in [2.05, 4.69) is 25.9 Å². The Morgan fingerprint density at radius 3 is 3.10 bits per heavy atom. The maximum absolute atomic E-state index is 12.4. The van der Waals surface area contributed by atoms with E-state index < -0.39 is 0 Å². The minimum atomic E-state index is 0.0174. The van der Waals surface area contributed by atoms with Crippen molar-refractivity contribution in [3.8, 4) is 11.4 Å². The molecule has 1 aromatic carbocycles. The van der Waals surface area contributed by atoms with Crippen LogP contribution >= 0.6 is 0 Å². The van der Waals surface area contributed by atoms with Crippen LogP contribution in [0.25, 0.3) is 11.4 Å². The summed E-state index contributed by atoms with van der Waals surface area (Å²) in [5.74, 6) is 0.870. The molecule has 2 atom stereocenters. The van der Waals surface area contributed by atoms with E-state index in [1.165, 1.54) is 0 Å². The van der Waals surface area contributed by atoms with Crippen LogP contribution in [-0.4, -0.2) is 33.1 Å². The molecule has 1 heterocycles. The molecule has 1 fully saturated rings. The number of amides is 1. The quantitative estimate of drug-likeness (QED) is 0.781. The normalized spacial score (nSPS) is 21.4. The lowest BCUT2D eigenvalue weighted by molar-refractivity contribution is -0.120. The van der Waals surface area contributed by atoms with Gasteiger partial charge in [-0.2, -0.15) is 5.21 Å². The molecule has 7 nitrogen and oxygen atoms in total. The van der Waals surface area contributed by atoms with E-state index in [-0.39, 0.29) is 11.8 Å². The molecule has 1 aromatic heterocycles. The van der Waals surface area contributed by atoms with Crippen molar-refractivity contribution in [1.82, 2.24) is 20.6 Å². The van der Waals surface area contributed by atoms with Crippen molar-refractivity contribution < 1.29 is 4.79 Å². The van der Waals surface area contributed by atoms with Crippen molar-refractivity contribution in [2.45, 2.75) is 19.3 Å². The lowest BCUT2D eigenvalue weighted by Gasteiger charge is -2.17. The van der Waals surface area contributed by atoms with Gasteiger partial charge >= 0.3 is 0 Å². The zero-order valence-corrected chi connectivity index (χ0v) is 11.6. The van der Waals surface area contributed by atoms with Gasteiger partial charge in [-0.1, -0.05) is 18.6 Å². The van der Waals surface area contributed by atoms with Gasteiger partial charge in [0.05, 0.1) is 0 Å². The van der Waals surface area contributed by atoms with Crippen molar-refractivity contribution >= 4 is 11.6 Å². The van der Waals surface area contributed by atoms with Gasteiger partial charge in [0, 0.05) is 17.2 Å². The van der Waals surface area contributed by atoms with Crippen molar-refractivity contribution in [1.29, 1.82) is 0 Å². The van der Waals surface area contributed by atoms with Crippen LogP contribution in [0, 0.1) is 11.8 Å². The van der Waals surface area contributed by atoms with Crippen LogP contribution in [0.1, 0.15) is 19.3 Å². The molecule has 1 aliphatic carbocycles. The number of anilines is 1. The number of nitrogens with zero attached hydrogens (tertiary/aromatic N) is 3. The lowest BCUT2D eigenvalue weighted by atomic mass is 9.95. The number of aromatic nitrogens is 4. The van der Waals surface area contributed by atoms with E-state index in [0.717, 1.165) is 30.5 Å². The fraction of sp³-hybridized carbons (Fsp3) is 0.429. The summed E-state index contributed by atoms with van der Waals surface area (Å²) in [6, 6.07) is 7.43. The molecule has 0 bridgehead atoms. The summed E-state index contributed by atoms with van der Waals surface area (Å²) in [7, 11) is 0. The van der Waals surface area contributed by atoms with Gasteiger partial charge in [-0.05, 0) is 42.7 Å². The highest BCUT2D eigenvalue weighted by Crippen LogP contribution is 2.32. The second-order valence-electron chi connectivity index (χ2n) is 5.34. The zero-order chi connectivity index (χ0) is 14.7.